The van der Waals surface area contributed by atoms with Crippen molar-refractivity contribution in [2.45, 2.75) is 13.5 Å². The highest BCUT2D eigenvalue weighted by atomic mass is 16.6. The number of methoxy groups -OCH3 is 2. The molecule has 0 aliphatic heterocycles. The van der Waals surface area contributed by atoms with E-state index in [9.17, 15) is 14.9 Å². The lowest BCUT2D eigenvalue weighted by molar-refractivity contribution is -0.384. The minimum absolute atomic E-state index is 0.0185. The van der Waals surface area contributed by atoms with Gasteiger partial charge in [-0.2, -0.15) is 5.10 Å². The second-order valence-electron chi connectivity index (χ2n) is 7.15. The van der Waals surface area contributed by atoms with Crippen molar-refractivity contribution in [2.24, 2.45) is 5.10 Å². The third kappa shape index (κ3) is 6.94. The van der Waals surface area contributed by atoms with E-state index in [4.69, 9.17) is 18.9 Å². The van der Waals surface area contributed by atoms with Gasteiger partial charge in [0.15, 0.2) is 11.5 Å². The quantitative estimate of drug-likeness (QED) is 0.246. The normalized spacial score (nSPS) is 10.6. The van der Waals surface area contributed by atoms with Crippen LogP contribution in [0.5, 0.6) is 23.0 Å². The van der Waals surface area contributed by atoms with Crippen LogP contribution in [0.15, 0.2) is 65.8 Å². The molecule has 3 aromatic carbocycles. The number of carbonyl (C=O) groups excluding carboxylic acids is 1. The predicted octanol–water partition coefficient (Wildman–Crippen LogP) is 4.35. The highest BCUT2D eigenvalue weighted by Crippen LogP contribution is 2.29. The third-order valence-corrected chi connectivity index (χ3v) is 4.80. The number of carbonyl (C=O) groups is 1. The van der Waals surface area contributed by atoms with Crippen LogP contribution in [0.2, 0.25) is 0 Å². The first-order chi connectivity index (χ1) is 16.9. The second-order valence-corrected chi connectivity index (χ2v) is 7.15. The standard InChI is InChI=1S/C25H25N3O7/c1-4-34-24-11-18(7-10-23(24)35-16-17-5-8-20(9-6-17)28(30)31)15-26-27-25(29)19-12-21(32-2)14-22(13-19)33-3/h5-15H,4,16H2,1-3H3,(H,27,29)/b26-15-. The van der Waals surface area contributed by atoms with E-state index in [1.807, 2.05) is 6.92 Å². The summed E-state index contributed by atoms with van der Waals surface area (Å²) in [5.74, 6) is 1.57. The first kappa shape index (κ1) is 25.0. The van der Waals surface area contributed by atoms with E-state index < -0.39 is 10.8 Å². The number of benzene rings is 3. The number of non-ortho nitro benzene ring substituents is 1. The zero-order valence-corrected chi connectivity index (χ0v) is 19.5. The van der Waals surface area contributed by atoms with Gasteiger partial charge in [-0.1, -0.05) is 0 Å². The summed E-state index contributed by atoms with van der Waals surface area (Å²) in [4.78, 5) is 22.8. The van der Waals surface area contributed by atoms with Gasteiger partial charge in [0.2, 0.25) is 0 Å². The molecule has 0 aliphatic carbocycles. The zero-order chi connectivity index (χ0) is 25.2. The Bertz CT molecular complexity index is 1190. The molecule has 0 radical (unpaired) electrons. The maximum atomic E-state index is 12.5. The lowest BCUT2D eigenvalue weighted by Gasteiger charge is -2.12. The number of nitro benzene ring substituents is 1. The molecule has 1 N–H and O–H groups in total. The maximum Gasteiger partial charge on any atom is 0.271 e. The Hall–Kier alpha value is -4.60. The molecule has 182 valence electrons. The van der Waals surface area contributed by atoms with Gasteiger partial charge in [0.25, 0.3) is 11.6 Å². The van der Waals surface area contributed by atoms with Crippen molar-refractivity contribution in [1.29, 1.82) is 0 Å². The van der Waals surface area contributed by atoms with Gasteiger partial charge < -0.3 is 18.9 Å². The first-order valence-corrected chi connectivity index (χ1v) is 10.6. The molecule has 0 saturated carbocycles. The first-order valence-electron chi connectivity index (χ1n) is 10.6. The second kappa shape index (κ2) is 12.0. The van der Waals surface area contributed by atoms with Crippen LogP contribution in [0.25, 0.3) is 0 Å². The topological polar surface area (TPSA) is 122 Å². The highest BCUT2D eigenvalue weighted by Gasteiger charge is 2.10. The van der Waals surface area contributed by atoms with Crippen molar-refractivity contribution < 1.29 is 28.7 Å². The monoisotopic (exact) mass is 479 g/mol. The van der Waals surface area contributed by atoms with Crippen molar-refractivity contribution in [3.63, 3.8) is 0 Å². The van der Waals surface area contributed by atoms with E-state index >= 15 is 0 Å². The highest BCUT2D eigenvalue weighted by molar-refractivity contribution is 5.95. The number of hydrogen-bond donors (Lipinski definition) is 1. The molecule has 1 amide bonds. The number of nitro groups is 1. The fourth-order valence-electron chi connectivity index (χ4n) is 3.04. The molecule has 0 spiro atoms. The number of amides is 1. The fraction of sp³-hybridized carbons (Fsp3) is 0.200. The minimum Gasteiger partial charge on any atom is -0.497 e. The zero-order valence-electron chi connectivity index (χ0n) is 19.5. The molecule has 35 heavy (non-hydrogen) atoms. The summed E-state index contributed by atoms with van der Waals surface area (Å²) in [5.41, 5.74) is 4.29. The number of hydrogen-bond acceptors (Lipinski definition) is 8. The average Bonchev–Trinajstić information content (AvgIpc) is 2.88. The molecule has 3 rings (SSSR count). The summed E-state index contributed by atoms with van der Waals surface area (Å²) in [6.07, 6.45) is 1.48. The molecular weight excluding hydrogens is 454 g/mol. The maximum absolute atomic E-state index is 12.5. The van der Waals surface area contributed by atoms with Crippen LogP contribution in [-0.2, 0) is 6.61 Å². The largest absolute Gasteiger partial charge is 0.497 e. The van der Waals surface area contributed by atoms with Crippen LogP contribution >= 0.6 is 0 Å². The molecular formula is C25H25N3O7. The molecule has 0 aromatic heterocycles. The van der Waals surface area contributed by atoms with Gasteiger partial charge in [-0.15, -0.1) is 0 Å². The summed E-state index contributed by atoms with van der Waals surface area (Å²) >= 11 is 0. The van der Waals surface area contributed by atoms with Crippen molar-refractivity contribution in [3.05, 3.63) is 87.5 Å². The van der Waals surface area contributed by atoms with E-state index in [1.165, 1.54) is 32.6 Å². The van der Waals surface area contributed by atoms with Crippen molar-refractivity contribution in [1.82, 2.24) is 5.43 Å². The van der Waals surface area contributed by atoms with Crippen LogP contribution in [-0.4, -0.2) is 37.9 Å². The van der Waals surface area contributed by atoms with Crippen LogP contribution in [0.4, 0.5) is 5.69 Å². The summed E-state index contributed by atoms with van der Waals surface area (Å²) in [6, 6.07) is 16.2. The summed E-state index contributed by atoms with van der Waals surface area (Å²) in [5, 5.41) is 14.8. The van der Waals surface area contributed by atoms with Crippen LogP contribution < -0.4 is 24.4 Å². The van der Waals surface area contributed by atoms with E-state index in [-0.39, 0.29) is 12.3 Å². The molecule has 10 heteroatoms. The smallest absolute Gasteiger partial charge is 0.271 e. The van der Waals surface area contributed by atoms with Crippen LogP contribution in [0, 0.1) is 10.1 Å². The predicted molar refractivity (Wildman–Crippen MR) is 130 cm³/mol. The van der Waals surface area contributed by atoms with Gasteiger partial charge in [-0.3, -0.25) is 14.9 Å². The number of nitrogens with one attached hydrogen (secondary N) is 1. The fourth-order valence-corrected chi connectivity index (χ4v) is 3.04. The number of hydrazone groups is 1. The minimum atomic E-state index is -0.450. The Kier molecular flexibility index (Phi) is 8.60. The SMILES string of the molecule is CCOc1cc(/C=N\NC(=O)c2cc(OC)cc(OC)c2)ccc1OCc1ccc([N+](=O)[O-])cc1. The van der Waals surface area contributed by atoms with E-state index in [1.54, 1.807) is 48.5 Å². The average molecular weight is 479 g/mol. The summed E-state index contributed by atoms with van der Waals surface area (Å²) in [7, 11) is 3.01. The molecule has 0 fully saturated rings. The lowest BCUT2D eigenvalue weighted by atomic mass is 10.2. The van der Waals surface area contributed by atoms with Crippen molar-refractivity contribution >= 4 is 17.8 Å². The van der Waals surface area contributed by atoms with Gasteiger partial charge in [-0.25, -0.2) is 5.43 Å². The number of ether oxygens (including phenoxy) is 4. The molecule has 0 saturated heterocycles. The molecule has 10 nitrogen and oxygen atoms in total. The molecule has 0 aliphatic rings. The third-order valence-electron chi connectivity index (χ3n) is 4.80. The molecule has 0 unspecified atom stereocenters. The Morgan fingerprint density at radius 2 is 1.66 bits per heavy atom. The van der Waals surface area contributed by atoms with Gasteiger partial charge in [-0.05, 0) is 60.5 Å². The van der Waals surface area contributed by atoms with E-state index in [2.05, 4.69) is 10.5 Å². The van der Waals surface area contributed by atoms with Gasteiger partial charge >= 0.3 is 0 Å². The van der Waals surface area contributed by atoms with Crippen LogP contribution in [0.1, 0.15) is 28.4 Å². The molecule has 0 atom stereocenters. The van der Waals surface area contributed by atoms with Gasteiger partial charge in [0.05, 0.1) is 32.0 Å². The summed E-state index contributed by atoms with van der Waals surface area (Å²) in [6.45, 7) is 2.48. The lowest BCUT2D eigenvalue weighted by Crippen LogP contribution is -2.17. The van der Waals surface area contributed by atoms with Crippen molar-refractivity contribution in [3.8, 4) is 23.0 Å². The Labute approximate surface area is 202 Å². The Morgan fingerprint density at radius 1 is 0.971 bits per heavy atom. The summed E-state index contributed by atoms with van der Waals surface area (Å²) < 4.78 is 21.9. The Morgan fingerprint density at radius 3 is 2.26 bits per heavy atom. The number of rotatable bonds is 11. The van der Waals surface area contributed by atoms with Crippen molar-refractivity contribution in [2.75, 3.05) is 20.8 Å². The molecule has 0 heterocycles. The van der Waals surface area contributed by atoms with E-state index in [0.29, 0.717) is 40.7 Å². The number of nitrogens with zero attached hydrogens (tertiary/aromatic N) is 2. The van der Waals surface area contributed by atoms with Gasteiger partial charge in [0.1, 0.15) is 18.1 Å². The Balaban J connectivity index is 1.66. The van der Waals surface area contributed by atoms with Crippen LogP contribution in [0.3, 0.4) is 0 Å². The molecule has 3 aromatic rings. The van der Waals surface area contributed by atoms with E-state index in [0.717, 1.165) is 5.56 Å². The van der Waals surface area contributed by atoms with Gasteiger partial charge in [0, 0.05) is 23.8 Å². The molecule has 0 bridgehead atoms.